The fraction of sp³-hybridized carbons (Fsp3) is 0.200. The third-order valence-electron chi connectivity index (χ3n) is 3.70. The summed E-state index contributed by atoms with van der Waals surface area (Å²) in [6.07, 6.45) is 1.36. The van der Waals surface area contributed by atoms with E-state index in [4.69, 9.17) is 25.8 Å². The first-order valence-corrected chi connectivity index (χ1v) is 9.26. The van der Waals surface area contributed by atoms with Crippen molar-refractivity contribution in [3.05, 3.63) is 68.7 Å². The number of ether oxygens (including phenoxy) is 3. The summed E-state index contributed by atoms with van der Waals surface area (Å²) in [7, 11) is 0. The Morgan fingerprint density at radius 2 is 1.70 bits per heavy atom. The fourth-order valence-electron chi connectivity index (χ4n) is 2.44. The van der Waals surface area contributed by atoms with Crippen molar-refractivity contribution in [3.8, 4) is 5.75 Å². The molecule has 0 amide bonds. The average Bonchev–Trinajstić information content (AvgIpc) is 2.58. The summed E-state index contributed by atoms with van der Waals surface area (Å²) in [6, 6.07) is 12.6. The van der Waals surface area contributed by atoms with E-state index >= 15 is 0 Å². The van der Waals surface area contributed by atoms with E-state index in [1.165, 1.54) is 19.9 Å². The Balaban J connectivity index is 1.87. The van der Waals surface area contributed by atoms with Crippen LogP contribution in [0.15, 0.2) is 52.5 Å². The number of rotatable bonds is 4. The molecular weight excluding hydrogens is 436 g/mol. The fourth-order valence-corrected chi connectivity index (χ4v) is 2.88. The van der Waals surface area contributed by atoms with E-state index in [9.17, 15) is 9.59 Å². The average molecular weight is 452 g/mol. The van der Waals surface area contributed by atoms with Gasteiger partial charge in [-0.3, -0.25) is 0 Å². The van der Waals surface area contributed by atoms with Crippen LogP contribution in [-0.2, 0) is 25.7 Å². The molecule has 5 nitrogen and oxygen atoms in total. The topological polar surface area (TPSA) is 61.8 Å². The van der Waals surface area contributed by atoms with E-state index in [0.29, 0.717) is 22.9 Å². The number of esters is 2. The van der Waals surface area contributed by atoms with Crippen LogP contribution >= 0.6 is 27.5 Å². The molecule has 1 saturated heterocycles. The summed E-state index contributed by atoms with van der Waals surface area (Å²) in [5.41, 5.74) is 1.22. The van der Waals surface area contributed by atoms with Crippen LogP contribution in [0, 0.1) is 0 Å². The minimum Gasteiger partial charge on any atom is -0.488 e. The van der Waals surface area contributed by atoms with Crippen molar-refractivity contribution < 1.29 is 23.8 Å². The molecule has 0 unspecified atom stereocenters. The molecule has 0 spiro atoms. The summed E-state index contributed by atoms with van der Waals surface area (Å²) in [4.78, 5) is 24.3. The zero-order valence-corrected chi connectivity index (χ0v) is 17.0. The van der Waals surface area contributed by atoms with Gasteiger partial charge in [0.1, 0.15) is 17.9 Å². The van der Waals surface area contributed by atoms with Gasteiger partial charge in [0.05, 0.1) is 0 Å². The van der Waals surface area contributed by atoms with Crippen molar-refractivity contribution >= 4 is 45.5 Å². The predicted octanol–water partition coefficient (Wildman–Crippen LogP) is 4.90. The Labute approximate surface area is 170 Å². The van der Waals surface area contributed by atoms with E-state index in [0.717, 1.165) is 10.0 Å². The standard InChI is InChI=1S/C20H16BrClO5/c1-20(2)26-18(23)16(19(24)27-20)10-13-9-15(22)7-8-17(13)25-11-12-3-5-14(21)6-4-12/h3-10H,11H2,1-2H3. The van der Waals surface area contributed by atoms with Crippen LogP contribution in [0.2, 0.25) is 5.02 Å². The highest BCUT2D eigenvalue weighted by atomic mass is 79.9. The third kappa shape index (κ3) is 4.90. The van der Waals surface area contributed by atoms with E-state index in [1.807, 2.05) is 24.3 Å². The quantitative estimate of drug-likeness (QED) is 0.376. The van der Waals surface area contributed by atoms with Gasteiger partial charge < -0.3 is 14.2 Å². The molecule has 0 atom stereocenters. The molecule has 3 rings (SSSR count). The Morgan fingerprint density at radius 3 is 2.33 bits per heavy atom. The molecule has 0 aromatic heterocycles. The lowest BCUT2D eigenvalue weighted by Crippen LogP contribution is -2.41. The summed E-state index contributed by atoms with van der Waals surface area (Å²) in [6.45, 7) is 3.30. The second kappa shape index (κ2) is 7.74. The number of benzene rings is 2. The Hall–Kier alpha value is -2.31. The maximum absolute atomic E-state index is 12.2. The van der Waals surface area contributed by atoms with Crippen LogP contribution in [0.5, 0.6) is 5.75 Å². The molecule has 140 valence electrons. The Kier molecular flexibility index (Phi) is 5.58. The predicted molar refractivity (Wildman–Crippen MR) is 104 cm³/mol. The van der Waals surface area contributed by atoms with E-state index < -0.39 is 17.7 Å². The highest BCUT2D eigenvalue weighted by Gasteiger charge is 2.39. The largest absolute Gasteiger partial charge is 0.488 e. The summed E-state index contributed by atoms with van der Waals surface area (Å²) < 4.78 is 17.0. The monoisotopic (exact) mass is 450 g/mol. The van der Waals surface area contributed by atoms with Crippen LogP contribution in [0.4, 0.5) is 0 Å². The van der Waals surface area contributed by atoms with Crippen molar-refractivity contribution in [2.45, 2.75) is 26.2 Å². The van der Waals surface area contributed by atoms with Crippen LogP contribution < -0.4 is 4.74 Å². The molecule has 7 heteroatoms. The highest BCUT2D eigenvalue weighted by molar-refractivity contribution is 9.10. The summed E-state index contributed by atoms with van der Waals surface area (Å²) in [5, 5.41) is 0.440. The van der Waals surface area contributed by atoms with Crippen molar-refractivity contribution in [2.24, 2.45) is 0 Å². The molecule has 0 radical (unpaired) electrons. The van der Waals surface area contributed by atoms with Gasteiger partial charge in [-0.15, -0.1) is 0 Å². The molecule has 1 fully saturated rings. The molecule has 0 bridgehead atoms. The lowest BCUT2D eigenvalue weighted by molar-refractivity contribution is -0.222. The molecule has 0 N–H and O–H groups in total. The van der Waals surface area contributed by atoms with E-state index in [1.54, 1.807) is 18.2 Å². The summed E-state index contributed by atoms with van der Waals surface area (Å²) >= 11 is 9.45. The van der Waals surface area contributed by atoms with Gasteiger partial charge in [0.15, 0.2) is 0 Å². The second-order valence-electron chi connectivity index (χ2n) is 6.33. The number of carbonyl (C=O) groups is 2. The lowest BCUT2D eigenvalue weighted by atomic mass is 10.1. The molecule has 2 aromatic carbocycles. The minimum atomic E-state index is -1.29. The molecule has 0 aliphatic carbocycles. The molecule has 0 saturated carbocycles. The SMILES string of the molecule is CC1(C)OC(=O)C(=Cc2cc(Cl)ccc2OCc2ccc(Br)cc2)C(=O)O1. The zero-order chi connectivity index (χ0) is 19.6. The van der Waals surface area contributed by atoms with Crippen molar-refractivity contribution in [3.63, 3.8) is 0 Å². The summed E-state index contributed by atoms with van der Waals surface area (Å²) in [5.74, 6) is -2.33. The maximum atomic E-state index is 12.2. The van der Waals surface area contributed by atoms with E-state index in [-0.39, 0.29) is 5.57 Å². The van der Waals surface area contributed by atoms with Crippen molar-refractivity contribution in [2.75, 3.05) is 0 Å². The molecule has 1 aliphatic heterocycles. The Bertz CT molecular complexity index is 896. The van der Waals surface area contributed by atoms with E-state index in [2.05, 4.69) is 15.9 Å². The molecule has 2 aromatic rings. The van der Waals surface area contributed by atoms with Gasteiger partial charge in [0.25, 0.3) is 5.79 Å². The molecule has 27 heavy (non-hydrogen) atoms. The van der Waals surface area contributed by atoms with Crippen molar-refractivity contribution in [1.82, 2.24) is 0 Å². The van der Waals surface area contributed by atoms with Crippen LogP contribution in [0.3, 0.4) is 0 Å². The van der Waals surface area contributed by atoms with Gasteiger partial charge in [-0.05, 0) is 42.0 Å². The van der Waals surface area contributed by atoms with Crippen molar-refractivity contribution in [1.29, 1.82) is 0 Å². The first-order valence-electron chi connectivity index (χ1n) is 8.09. The minimum absolute atomic E-state index is 0.218. The molecule has 1 heterocycles. The lowest BCUT2D eigenvalue weighted by Gasteiger charge is -2.29. The van der Waals surface area contributed by atoms with Crippen LogP contribution in [0.1, 0.15) is 25.0 Å². The van der Waals surface area contributed by atoms with Crippen LogP contribution in [0.25, 0.3) is 6.08 Å². The van der Waals surface area contributed by atoms with Gasteiger partial charge in [-0.25, -0.2) is 9.59 Å². The third-order valence-corrected chi connectivity index (χ3v) is 4.46. The number of hydrogen-bond donors (Lipinski definition) is 0. The van der Waals surface area contributed by atoms with Crippen LogP contribution in [-0.4, -0.2) is 17.7 Å². The van der Waals surface area contributed by atoms with Gasteiger partial charge >= 0.3 is 11.9 Å². The van der Waals surface area contributed by atoms with Gasteiger partial charge in [-0.1, -0.05) is 39.7 Å². The highest BCUT2D eigenvalue weighted by Crippen LogP contribution is 2.29. The Morgan fingerprint density at radius 1 is 1.07 bits per heavy atom. The maximum Gasteiger partial charge on any atom is 0.348 e. The number of hydrogen-bond acceptors (Lipinski definition) is 5. The second-order valence-corrected chi connectivity index (χ2v) is 7.69. The van der Waals surface area contributed by atoms with Gasteiger partial charge in [-0.2, -0.15) is 0 Å². The first kappa shape index (κ1) is 19.5. The first-order chi connectivity index (χ1) is 12.7. The van der Waals surface area contributed by atoms with Gasteiger partial charge in [0, 0.05) is 28.9 Å². The zero-order valence-electron chi connectivity index (χ0n) is 14.6. The normalized spacial score (nSPS) is 15.8. The molecule has 1 aliphatic rings. The van der Waals surface area contributed by atoms with Gasteiger partial charge in [0.2, 0.25) is 0 Å². The number of halogens is 2. The molecular formula is C20H16BrClO5. The smallest absolute Gasteiger partial charge is 0.348 e. The number of carbonyl (C=O) groups excluding carboxylic acids is 2. The number of cyclic esters (lactones) is 2.